The van der Waals surface area contributed by atoms with Crippen molar-refractivity contribution in [2.24, 2.45) is 0 Å². The molecule has 0 atom stereocenters. The van der Waals surface area contributed by atoms with E-state index < -0.39 is 0 Å². The molecule has 0 saturated carbocycles. The van der Waals surface area contributed by atoms with Gasteiger partial charge in [-0.2, -0.15) is 0 Å². The zero-order valence-corrected chi connectivity index (χ0v) is 13.0. The second-order valence-corrected chi connectivity index (χ2v) is 5.86. The van der Waals surface area contributed by atoms with Crippen LogP contribution in [0.2, 0.25) is 0 Å². The van der Waals surface area contributed by atoms with Crippen molar-refractivity contribution in [1.29, 1.82) is 0 Å². The number of anilines is 1. The van der Waals surface area contributed by atoms with Crippen LogP contribution in [0.1, 0.15) is 6.42 Å². The summed E-state index contributed by atoms with van der Waals surface area (Å²) in [6.07, 6.45) is 2.43. The second-order valence-electron chi connectivity index (χ2n) is 5.05. The number of fused-ring (bicyclic) bond motifs is 1. The fourth-order valence-electron chi connectivity index (χ4n) is 2.55. The Hall–Kier alpha value is -1.73. The van der Waals surface area contributed by atoms with Crippen LogP contribution in [0.4, 0.5) is 5.82 Å². The number of amides is 2. The number of carbonyl (C=O) groups excluding carboxylic acids is 2. The number of hydrogen-bond donors (Lipinski definition) is 1. The Kier molecular flexibility index (Phi) is 4.03. The largest absolute Gasteiger partial charge is 0.314 e. The van der Waals surface area contributed by atoms with E-state index in [1.807, 2.05) is 21.9 Å². The van der Waals surface area contributed by atoms with E-state index in [9.17, 15) is 9.59 Å². The maximum atomic E-state index is 12.0. The third-order valence-corrected chi connectivity index (χ3v) is 3.98. The lowest BCUT2D eigenvalue weighted by Gasteiger charge is -2.33. The first kappa shape index (κ1) is 14.2. The summed E-state index contributed by atoms with van der Waals surface area (Å²) in [5.74, 6) is 0.592. The molecule has 2 aliphatic rings. The molecule has 2 aliphatic heterocycles. The Morgan fingerprint density at radius 3 is 3.05 bits per heavy atom. The molecule has 6 nitrogen and oxygen atoms in total. The predicted octanol–water partition coefficient (Wildman–Crippen LogP) is 1.21. The Labute approximate surface area is 130 Å². The molecular formula is C14H15BrN4O2. The van der Waals surface area contributed by atoms with Gasteiger partial charge in [0.2, 0.25) is 11.8 Å². The number of hydrogen-bond acceptors (Lipinski definition) is 4. The van der Waals surface area contributed by atoms with Gasteiger partial charge in [-0.3, -0.25) is 14.5 Å². The standard InChI is InChI=1S/C14H15BrN4O2/c15-11-2-1-3-12(16-11)17-13(20)9-18-6-7-19-10(8-18)4-5-14(19)21/h1-4H,5-9H2,(H,16,17,20). The van der Waals surface area contributed by atoms with Crippen LogP contribution in [0.5, 0.6) is 0 Å². The molecule has 0 unspecified atom stereocenters. The summed E-state index contributed by atoms with van der Waals surface area (Å²) in [6.45, 7) is 2.31. The van der Waals surface area contributed by atoms with Crippen LogP contribution in [0.15, 0.2) is 34.6 Å². The molecule has 0 bridgehead atoms. The Morgan fingerprint density at radius 1 is 1.38 bits per heavy atom. The van der Waals surface area contributed by atoms with Gasteiger partial charge < -0.3 is 10.2 Å². The average molecular weight is 351 g/mol. The summed E-state index contributed by atoms with van der Waals surface area (Å²) >= 11 is 3.27. The van der Waals surface area contributed by atoms with Gasteiger partial charge >= 0.3 is 0 Å². The Bertz CT molecular complexity index is 617. The molecule has 1 saturated heterocycles. The number of pyridine rings is 1. The minimum absolute atomic E-state index is 0.0982. The predicted molar refractivity (Wildman–Crippen MR) is 81.4 cm³/mol. The van der Waals surface area contributed by atoms with Gasteiger partial charge in [0.1, 0.15) is 10.4 Å². The quantitative estimate of drug-likeness (QED) is 0.832. The van der Waals surface area contributed by atoms with E-state index in [-0.39, 0.29) is 11.8 Å². The van der Waals surface area contributed by atoms with Crippen LogP contribution in [0.3, 0.4) is 0 Å². The van der Waals surface area contributed by atoms with Crippen LogP contribution < -0.4 is 5.32 Å². The van der Waals surface area contributed by atoms with Crippen molar-refractivity contribution in [2.75, 3.05) is 31.5 Å². The smallest absolute Gasteiger partial charge is 0.239 e. The lowest BCUT2D eigenvalue weighted by Crippen LogP contribution is -2.47. The maximum absolute atomic E-state index is 12.0. The van der Waals surface area contributed by atoms with Crippen molar-refractivity contribution in [2.45, 2.75) is 6.42 Å². The fraction of sp³-hybridized carbons (Fsp3) is 0.357. The number of nitrogens with zero attached hydrogens (tertiary/aromatic N) is 3. The van der Waals surface area contributed by atoms with E-state index in [0.29, 0.717) is 43.0 Å². The zero-order chi connectivity index (χ0) is 14.8. The van der Waals surface area contributed by atoms with E-state index in [1.165, 1.54) is 0 Å². The molecule has 0 aliphatic carbocycles. The Balaban J connectivity index is 1.55. The SMILES string of the molecule is O=C(CN1CCN2C(=O)CC=C2C1)Nc1cccc(Br)n1. The summed E-state index contributed by atoms with van der Waals surface area (Å²) < 4.78 is 0.684. The minimum Gasteiger partial charge on any atom is -0.314 e. The number of halogens is 1. The van der Waals surface area contributed by atoms with E-state index in [1.54, 1.807) is 12.1 Å². The molecule has 2 amide bonds. The van der Waals surface area contributed by atoms with Gasteiger partial charge in [-0.1, -0.05) is 12.1 Å². The average Bonchev–Trinajstić information content (AvgIpc) is 2.80. The molecule has 1 aromatic rings. The van der Waals surface area contributed by atoms with Gasteiger partial charge in [-0.15, -0.1) is 0 Å². The molecule has 3 rings (SSSR count). The highest BCUT2D eigenvalue weighted by molar-refractivity contribution is 9.10. The molecule has 1 fully saturated rings. The van der Waals surface area contributed by atoms with Gasteiger partial charge in [0.15, 0.2) is 0 Å². The van der Waals surface area contributed by atoms with Gasteiger partial charge in [0.05, 0.1) is 6.54 Å². The first-order valence-electron chi connectivity index (χ1n) is 6.76. The first-order valence-corrected chi connectivity index (χ1v) is 7.55. The second kappa shape index (κ2) is 5.95. The van der Waals surface area contributed by atoms with Crippen molar-refractivity contribution in [3.05, 3.63) is 34.6 Å². The third kappa shape index (κ3) is 3.30. The van der Waals surface area contributed by atoms with E-state index in [2.05, 4.69) is 26.2 Å². The number of rotatable bonds is 3. The van der Waals surface area contributed by atoms with Crippen molar-refractivity contribution >= 4 is 33.6 Å². The van der Waals surface area contributed by atoms with Crippen LogP contribution in [-0.4, -0.2) is 52.8 Å². The number of aromatic nitrogens is 1. The molecule has 0 radical (unpaired) electrons. The Morgan fingerprint density at radius 2 is 2.24 bits per heavy atom. The van der Waals surface area contributed by atoms with E-state index >= 15 is 0 Å². The number of piperazine rings is 1. The molecule has 1 N–H and O–H groups in total. The van der Waals surface area contributed by atoms with E-state index in [4.69, 9.17) is 0 Å². The summed E-state index contributed by atoms with van der Waals surface area (Å²) in [4.78, 5) is 31.6. The number of carbonyl (C=O) groups is 2. The summed E-state index contributed by atoms with van der Waals surface area (Å²) in [5, 5.41) is 2.78. The molecule has 7 heteroatoms. The minimum atomic E-state index is -0.0982. The molecule has 0 spiro atoms. The lowest BCUT2D eigenvalue weighted by molar-refractivity contribution is -0.128. The van der Waals surface area contributed by atoms with Gasteiger partial charge in [-0.05, 0) is 28.1 Å². The zero-order valence-electron chi connectivity index (χ0n) is 11.4. The van der Waals surface area contributed by atoms with E-state index in [0.717, 1.165) is 5.70 Å². The monoisotopic (exact) mass is 350 g/mol. The normalized spacial score (nSPS) is 18.4. The van der Waals surface area contributed by atoms with Crippen molar-refractivity contribution < 1.29 is 9.59 Å². The maximum Gasteiger partial charge on any atom is 0.239 e. The lowest BCUT2D eigenvalue weighted by atomic mass is 10.2. The molecule has 1 aromatic heterocycles. The summed E-state index contributed by atoms with van der Waals surface area (Å²) in [6, 6.07) is 5.37. The third-order valence-electron chi connectivity index (χ3n) is 3.54. The van der Waals surface area contributed by atoms with Crippen LogP contribution >= 0.6 is 15.9 Å². The van der Waals surface area contributed by atoms with Gasteiger partial charge in [0, 0.05) is 31.8 Å². The molecule has 110 valence electrons. The summed E-state index contributed by atoms with van der Waals surface area (Å²) in [5.41, 5.74) is 1.01. The highest BCUT2D eigenvalue weighted by Gasteiger charge is 2.29. The van der Waals surface area contributed by atoms with Crippen LogP contribution in [-0.2, 0) is 9.59 Å². The fourth-order valence-corrected chi connectivity index (χ4v) is 2.90. The van der Waals surface area contributed by atoms with Gasteiger partial charge in [0.25, 0.3) is 0 Å². The number of nitrogens with one attached hydrogen (secondary N) is 1. The van der Waals surface area contributed by atoms with Gasteiger partial charge in [-0.25, -0.2) is 4.98 Å². The van der Waals surface area contributed by atoms with Crippen LogP contribution in [0.25, 0.3) is 0 Å². The first-order chi connectivity index (χ1) is 10.1. The molecule has 0 aromatic carbocycles. The highest BCUT2D eigenvalue weighted by atomic mass is 79.9. The van der Waals surface area contributed by atoms with Crippen LogP contribution in [0, 0.1) is 0 Å². The molecule has 21 heavy (non-hydrogen) atoms. The highest BCUT2D eigenvalue weighted by Crippen LogP contribution is 2.21. The van der Waals surface area contributed by atoms with Crippen molar-refractivity contribution in [1.82, 2.24) is 14.8 Å². The molecule has 3 heterocycles. The van der Waals surface area contributed by atoms with Crippen molar-refractivity contribution in [3.63, 3.8) is 0 Å². The topological polar surface area (TPSA) is 65.5 Å². The van der Waals surface area contributed by atoms with Crippen molar-refractivity contribution in [3.8, 4) is 0 Å². The molecular weight excluding hydrogens is 336 g/mol. The summed E-state index contributed by atoms with van der Waals surface area (Å²) in [7, 11) is 0.